The number of amides is 2. The van der Waals surface area contributed by atoms with Gasteiger partial charge in [0.2, 0.25) is 5.91 Å². The molecular weight excluding hydrogens is 480 g/mol. The molecule has 10 nitrogen and oxygen atoms in total. The second kappa shape index (κ2) is 11.1. The maximum absolute atomic E-state index is 12.8. The van der Waals surface area contributed by atoms with Crippen molar-refractivity contribution in [2.75, 3.05) is 11.1 Å². The Bertz CT molecular complexity index is 1200. The van der Waals surface area contributed by atoms with E-state index in [0.29, 0.717) is 21.7 Å². The van der Waals surface area contributed by atoms with Crippen molar-refractivity contribution in [3.05, 3.63) is 75.1 Å². The smallest absolute Gasteiger partial charge is 0.270 e. The molecule has 12 heteroatoms. The molecule has 0 saturated heterocycles. The minimum atomic E-state index is -0.550. The summed E-state index contributed by atoms with van der Waals surface area (Å²) in [5, 5.41) is 26.2. The van der Waals surface area contributed by atoms with Crippen LogP contribution < -0.4 is 10.6 Å². The number of halogens is 1. The fourth-order valence-corrected chi connectivity index (χ4v) is 3.94. The van der Waals surface area contributed by atoms with Gasteiger partial charge in [-0.15, -0.1) is 10.2 Å². The zero-order valence-electron chi connectivity index (χ0n) is 18.7. The summed E-state index contributed by atoms with van der Waals surface area (Å²) in [4.78, 5) is 35.5. The normalized spacial score (nSPS) is 11.8. The van der Waals surface area contributed by atoms with Crippen molar-refractivity contribution in [3.8, 4) is 0 Å². The number of aromatic nitrogens is 3. The van der Waals surface area contributed by atoms with E-state index in [4.69, 9.17) is 11.6 Å². The van der Waals surface area contributed by atoms with Gasteiger partial charge in [-0.05, 0) is 36.2 Å². The van der Waals surface area contributed by atoms with Gasteiger partial charge < -0.3 is 15.2 Å². The van der Waals surface area contributed by atoms with E-state index in [9.17, 15) is 19.7 Å². The molecule has 0 bridgehead atoms. The summed E-state index contributed by atoms with van der Waals surface area (Å²) in [6, 6.07) is 11.8. The molecule has 2 amide bonds. The van der Waals surface area contributed by atoms with Crippen LogP contribution in [0.1, 0.15) is 36.1 Å². The van der Waals surface area contributed by atoms with Crippen LogP contribution in [-0.4, -0.2) is 37.3 Å². The first kappa shape index (κ1) is 25.2. The lowest BCUT2D eigenvalue weighted by Crippen LogP contribution is -2.33. The second-order valence-corrected chi connectivity index (χ2v) is 9.13. The van der Waals surface area contributed by atoms with Crippen LogP contribution in [-0.2, 0) is 11.8 Å². The summed E-state index contributed by atoms with van der Waals surface area (Å²) < 4.78 is 1.72. The molecule has 0 aliphatic rings. The van der Waals surface area contributed by atoms with Crippen LogP contribution >= 0.6 is 23.4 Å². The average molecular weight is 503 g/mol. The molecule has 2 aromatic carbocycles. The van der Waals surface area contributed by atoms with Crippen LogP contribution in [0.25, 0.3) is 0 Å². The third-order valence-corrected chi connectivity index (χ3v) is 6.15. The maximum Gasteiger partial charge on any atom is 0.270 e. The van der Waals surface area contributed by atoms with Crippen molar-refractivity contribution in [3.63, 3.8) is 0 Å². The molecule has 1 atom stereocenters. The van der Waals surface area contributed by atoms with Crippen molar-refractivity contribution < 1.29 is 14.5 Å². The van der Waals surface area contributed by atoms with Crippen LogP contribution in [0, 0.1) is 16.0 Å². The van der Waals surface area contributed by atoms with E-state index in [1.54, 1.807) is 35.9 Å². The zero-order chi connectivity index (χ0) is 24.8. The molecule has 0 spiro atoms. The number of nitro benzene ring substituents is 1. The van der Waals surface area contributed by atoms with E-state index < -0.39 is 16.9 Å². The van der Waals surface area contributed by atoms with Crippen molar-refractivity contribution in [2.45, 2.75) is 25.0 Å². The summed E-state index contributed by atoms with van der Waals surface area (Å²) in [6.45, 7) is 3.83. The van der Waals surface area contributed by atoms with Crippen LogP contribution in [0.2, 0.25) is 5.02 Å². The highest BCUT2D eigenvalue weighted by molar-refractivity contribution is 7.99. The molecule has 0 saturated carbocycles. The molecule has 0 aliphatic heterocycles. The molecule has 0 fully saturated rings. The largest absolute Gasteiger partial charge is 0.342 e. The first-order chi connectivity index (χ1) is 16.2. The number of carbonyl (C=O) groups is 2. The van der Waals surface area contributed by atoms with E-state index >= 15 is 0 Å². The molecule has 178 valence electrons. The maximum atomic E-state index is 12.8. The first-order valence-electron chi connectivity index (χ1n) is 10.3. The van der Waals surface area contributed by atoms with Crippen LogP contribution in [0.15, 0.2) is 53.7 Å². The van der Waals surface area contributed by atoms with Crippen LogP contribution in [0.4, 0.5) is 11.4 Å². The number of nitrogens with zero attached hydrogens (tertiary/aromatic N) is 4. The van der Waals surface area contributed by atoms with E-state index in [-0.39, 0.29) is 28.8 Å². The van der Waals surface area contributed by atoms with E-state index in [2.05, 4.69) is 20.8 Å². The number of hydrogen-bond acceptors (Lipinski definition) is 7. The molecule has 0 aliphatic carbocycles. The zero-order valence-corrected chi connectivity index (χ0v) is 20.3. The topological polar surface area (TPSA) is 132 Å². The van der Waals surface area contributed by atoms with E-state index in [1.165, 1.54) is 36.0 Å². The lowest BCUT2D eigenvalue weighted by atomic mass is 10.0. The third-order valence-electron chi connectivity index (χ3n) is 4.88. The van der Waals surface area contributed by atoms with E-state index in [0.717, 1.165) is 0 Å². The molecule has 1 aromatic heterocycles. The van der Waals surface area contributed by atoms with Crippen molar-refractivity contribution in [1.82, 2.24) is 20.1 Å². The summed E-state index contributed by atoms with van der Waals surface area (Å²) in [5.41, 5.74) is 0.649. The van der Waals surface area contributed by atoms with E-state index in [1.807, 2.05) is 13.8 Å². The Morgan fingerprint density at radius 1 is 1.18 bits per heavy atom. The highest BCUT2D eigenvalue weighted by Crippen LogP contribution is 2.25. The Balaban J connectivity index is 1.68. The van der Waals surface area contributed by atoms with Crippen LogP contribution in [0.3, 0.4) is 0 Å². The van der Waals surface area contributed by atoms with Crippen molar-refractivity contribution in [1.29, 1.82) is 0 Å². The minimum Gasteiger partial charge on any atom is -0.342 e. The molecule has 0 radical (unpaired) electrons. The Morgan fingerprint density at radius 2 is 1.88 bits per heavy atom. The van der Waals surface area contributed by atoms with Crippen molar-refractivity contribution in [2.24, 2.45) is 13.0 Å². The number of carbonyl (C=O) groups excluding carboxylic acids is 2. The SMILES string of the molecule is CC(C)[C@H](NC(=O)c1cccc([N+](=O)[O-])c1)c1nnc(SCC(=O)Nc2ccc(Cl)cc2)n1C. The Kier molecular flexibility index (Phi) is 8.24. The summed E-state index contributed by atoms with van der Waals surface area (Å²) in [7, 11) is 1.75. The van der Waals surface area contributed by atoms with Gasteiger partial charge in [-0.1, -0.05) is 43.3 Å². The van der Waals surface area contributed by atoms with Gasteiger partial charge in [0.05, 0.1) is 16.7 Å². The number of nitro groups is 1. The number of nitrogens with one attached hydrogen (secondary N) is 2. The number of rotatable bonds is 9. The van der Waals surface area contributed by atoms with Gasteiger partial charge in [0.25, 0.3) is 11.6 Å². The molecule has 3 rings (SSSR count). The molecule has 1 heterocycles. The summed E-state index contributed by atoms with van der Waals surface area (Å²) in [6.07, 6.45) is 0. The fraction of sp³-hybridized carbons (Fsp3) is 0.273. The predicted octanol–water partition coefficient (Wildman–Crippen LogP) is 4.23. The predicted molar refractivity (Wildman–Crippen MR) is 130 cm³/mol. The number of benzene rings is 2. The van der Waals surface area contributed by atoms with Gasteiger partial charge in [-0.3, -0.25) is 19.7 Å². The molecule has 34 heavy (non-hydrogen) atoms. The Hall–Kier alpha value is -3.44. The molecular formula is C22H23ClN6O4S. The lowest BCUT2D eigenvalue weighted by Gasteiger charge is -2.21. The first-order valence-corrected chi connectivity index (χ1v) is 11.6. The average Bonchev–Trinajstić information content (AvgIpc) is 3.17. The number of thioether (sulfide) groups is 1. The Morgan fingerprint density at radius 3 is 2.53 bits per heavy atom. The summed E-state index contributed by atoms with van der Waals surface area (Å²) >= 11 is 7.07. The van der Waals surface area contributed by atoms with Crippen LogP contribution in [0.5, 0.6) is 0 Å². The molecule has 3 aromatic rings. The van der Waals surface area contributed by atoms with Gasteiger partial charge in [-0.2, -0.15) is 0 Å². The lowest BCUT2D eigenvalue weighted by molar-refractivity contribution is -0.384. The number of hydrogen-bond donors (Lipinski definition) is 2. The standard InChI is InChI=1S/C22H23ClN6O4S/c1-13(2)19(25-21(31)14-5-4-6-17(11-14)29(32)33)20-26-27-22(28(20)3)34-12-18(30)24-16-9-7-15(23)8-10-16/h4-11,13,19H,12H2,1-3H3,(H,24,30)(H,25,31)/t19-/m0/s1. The highest BCUT2D eigenvalue weighted by Gasteiger charge is 2.26. The Labute approximate surface area is 205 Å². The number of non-ortho nitro benzene ring substituents is 1. The van der Waals surface area contributed by atoms with Gasteiger partial charge in [0.1, 0.15) is 0 Å². The van der Waals surface area contributed by atoms with Gasteiger partial charge >= 0.3 is 0 Å². The third kappa shape index (κ3) is 6.33. The van der Waals surface area contributed by atoms with Gasteiger partial charge in [-0.25, -0.2) is 0 Å². The summed E-state index contributed by atoms with van der Waals surface area (Å²) in [5.74, 6) is -0.0924. The monoisotopic (exact) mass is 502 g/mol. The highest BCUT2D eigenvalue weighted by atomic mass is 35.5. The molecule has 0 unspecified atom stereocenters. The van der Waals surface area contributed by atoms with Gasteiger partial charge in [0, 0.05) is 35.5 Å². The van der Waals surface area contributed by atoms with Crippen molar-refractivity contribution >= 4 is 46.6 Å². The van der Waals surface area contributed by atoms with Gasteiger partial charge in [0.15, 0.2) is 11.0 Å². The number of anilines is 1. The molecule has 2 N–H and O–H groups in total. The fourth-order valence-electron chi connectivity index (χ4n) is 3.10. The minimum absolute atomic E-state index is 0.0448. The quantitative estimate of drug-likeness (QED) is 0.254. The second-order valence-electron chi connectivity index (χ2n) is 7.75.